The van der Waals surface area contributed by atoms with Crippen molar-refractivity contribution in [1.29, 1.82) is 0 Å². The lowest BCUT2D eigenvalue weighted by Gasteiger charge is -2.29. The van der Waals surface area contributed by atoms with Gasteiger partial charge in [0, 0.05) is 20.0 Å². The van der Waals surface area contributed by atoms with Crippen LogP contribution in [-0.4, -0.2) is 35.3 Å². The lowest BCUT2D eigenvalue weighted by Crippen LogP contribution is -2.50. The first-order valence-electron chi connectivity index (χ1n) is 6.49. The molecule has 1 rings (SSSR count). The van der Waals surface area contributed by atoms with Crippen LogP contribution in [0.15, 0.2) is 0 Å². The smallest absolute Gasteiger partial charge is 0.200 e. The quantitative estimate of drug-likeness (QED) is 0.303. The van der Waals surface area contributed by atoms with Crippen molar-refractivity contribution in [3.63, 3.8) is 0 Å². The zero-order chi connectivity index (χ0) is 16.1. The molecular formula is C11H17F6NO2S. The predicted molar refractivity (Wildman–Crippen MR) is 64.9 cm³/mol. The van der Waals surface area contributed by atoms with Crippen LogP contribution in [0.5, 0.6) is 0 Å². The molecule has 1 fully saturated rings. The zero-order valence-corrected chi connectivity index (χ0v) is 12.2. The molecule has 1 aliphatic rings. The van der Waals surface area contributed by atoms with E-state index in [1.165, 1.54) is 5.06 Å². The Morgan fingerprint density at radius 2 is 1.33 bits per heavy atom. The van der Waals surface area contributed by atoms with Gasteiger partial charge in [0.1, 0.15) is 12.0 Å². The molecule has 3 nitrogen and oxygen atoms in total. The fourth-order valence-electron chi connectivity index (χ4n) is 1.70. The SMILES string of the molecule is CC(F)(F)C(F)(F)C(F)(F)SOON1CCCCCCC1. The van der Waals surface area contributed by atoms with Gasteiger partial charge in [-0.25, -0.2) is 0 Å². The molecule has 0 radical (unpaired) electrons. The number of hydrogen-bond acceptors (Lipinski definition) is 4. The number of rotatable bonds is 6. The Morgan fingerprint density at radius 3 is 1.81 bits per heavy atom. The van der Waals surface area contributed by atoms with Gasteiger partial charge in [0.15, 0.2) is 0 Å². The van der Waals surface area contributed by atoms with Gasteiger partial charge in [-0.15, -0.1) is 9.32 Å². The fraction of sp³-hybridized carbons (Fsp3) is 1.00. The van der Waals surface area contributed by atoms with Crippen LogP contribution in [0, 0.1) is 0 Å². The highest BCUT2D eigenvalue weighted by Gasteiger charge is 2.70. The predicted octanol–water partition coefficient (Wildman–Crippen LogP) is 4.65. The maximum absolute atomic E-state index is 13.1. The third-order valence-electron chi connectivity index (χ3n) is 3.01. The summed E-state index contributed by atoms with van der Waals surface area (Å²) in [4.78, 5) is 4.50. The van der Waals surface area contributed by atoms with Crippen LogP contribution < -0.4 is 0 Å². The molecule has 0 aliphatic carbocycles. The van der Waals surface area contributed by atoms with Crippen LogP contribution in [0.1, 0.15) is 39.0 Å². The number of halogens is 6. The van der Waals surface area contributed by atoms with Crippen molar-refractivity contribution < 1.29 is 35.7 Å². The lowest BCUT2D eigenvalue weighted by molar-refractivity contribution is -0.365. The minimum Gasteiger partial charge on any atom is -0.200 e. The van der Waals surface area contributed by atoms with Gasteiger partial charge in [0.05, 0.1) is 0 Å². The highest BCUT2D eigenvalue weighted by molar-refractivity contribution is 7.95. The van der Waals surface area contributed by atoms with E-state index in [1.54, 1.807) is 0 Å². The summed E-state index contributed by atoms with van der Waals surface area (Å²) < 4.78 is 81.1. The van der Waals surface area contributed by atoms with E-state index >= 15 is 0 Å². The summed E-state index contributed by atoms with van der Waals surface area (Å²) >= 11 is -1.11. The average Bonchev–Trinajstić information content (AvgIpc) is 2.29. The van der Waals surface area contributed by atoms with Crippen molar-refractivity contribution in [3.05, 3.63) is 0 Å². The molecule has 0 unspecified atom stereocenters. The first-order valence-corrected chi connectivity index (χ1v) is 7.23. The molecule has 0 bridgehead atoms. The molecule has 1 heterocycles. The van der Waals surface area contributed by atoms with E-state index in [0.29, 0.717) is 13.1 Å². The molecule has 0 saturated carbocycles. The van der Waals surface area contributed by atoms with Crippen molar-refractivity contribution in [3.8, 4) is 0 Å². The van der Waals surface area contributed by atoms with Crippen LogP contribution in [0.3, 0.4) is 0 Å². The van der Waals surface area contributed by atoms with Gasteiger partial charge in [-0.2, -0.15) is 31.4 Å². The summed E-state index contributed by atoms with van der Waals surface area (Å²) in [6.45, 7) is 0.513. The molecule has 0 aromatic rings. The van der Waals surface area contributed by atoms with Crippen molar-refractivity contribution in [2.45, 2.75) is 56.1 Å². The molecule has 0 amide bonds. The highest BCUT2D eigenvalue weighted by Crippen LogP contribution is 2.51. The second-order valence-electron chi connectivity index (χ2n) is 4.90. The second-order valence-corrected chi connectivity index (χ2v) is 5.72. The number of nitrogens with zero attached hydrogens (tertiary/aromatic N) is 1. The van der Waals surface area contributed by atoms with Gasteiger partial charge in [0.25, 0.3) is 0 Å². The van der Waals surface area contributed by atoms with E-state index in [1.807, 2.05) is 0 Å². The Morgan fingerprint density at radius 1 is 0.857 bits per heavy atom. The third-order valence-corrected chi connectivity index (χ3v) is 3.60. The Labute approximate surface area is 123 Å². The Hall–Kier alpha value is -0.190. The monoisotopic (exact) mass is 341 g/mol. The minimum absolute atomic E-state index is 0.277. The van der Waals surface area contributed by atoms with Gasteiger partial charge in [-0.3, -0.25) is 0 Å². The van der Waals surface area contributed by atoms with Gasteiger partial charge >= 0.3 is 17.1 Å². The minimum atomic E-state index is -5.55. The number of alkyl halides is 6. The maximum atomic E-state index is 13.1. The normalized spacial score (nSPS) is 20.1. The molecule has 10 heteroatoms. The zero-order valence-electron chi connectivity index (χ0n) is 11.4. The molecule has 0 atom stereocenters. The van der Waals surface area contributed by atoms with Gasteiger partial charge < -0.3 is 0 Å². The number of hydroxylamine groups is 2. The molecule has 0 N–H and O–H groups in total. The molecule has 0 aromatic carbocycles. The second kappa shape index (κ2) is 7.38. The first kappa shape index (κ1) is 18.9. The van der Waals surface area contributed by atoms with Gasteiger partial charge in [-0.05, 0) is 12.8 Å². The summed E-state index contributed by atoms with van der Waals surface area (Å²) in [6, 6.07) is 0. The van der Waals surface area contributed by atoms with E-state index in [0.717, 1.165) is 32.1 Å². The number of hydrogen-bond donors (Lipinski definition) is 0. The average molecular weight is 341 g/mol. The fourth-order valence-corrected chi connectivity index (χ4v) is 2.19. The van der Waals surface area contributed by atoms with Crippen LogP contribution in [0.25, 0.3) is 0 Å². The molecule has 21 heavy (non-hydrogen) atoms. The van der Waals surface area contributed by atoms with Gasteiger partial charge in [0.2, 0.25) is 0 Å². The molecule has 0 aromatic heterocycles. The standard InChI is InChI=1S/C11H17F6NO2S/c1-9(12,13)10(14,15)11(16,17)21-20-19-18-7-5-3-2-4-6-8-18/h2-8H2,1H3. The summed E-state index contributed by atoms with van der Waals surface area (Å²) in [5.41, 5.74) is 0. The largest absolute Gasteiger partial charge is 0.389 e. The Kier molecular flexibility index (Phi) is 6.63. The van der Waals surface area contributed by atoms with E-state index in [4.69, 9.17) is 0 Å². The van der Waals surface area contributed by atoms with Crippen molar-refractivity contribution >= 4 is 12.0 Å². The summed E-state index contributed by atoms with van der Waals surface area (Å²) in [6.07, 6.45) is 4.41. The molecule has 1 saturated heterocycles. The Bertz CT molecular complexity index is 318. The van der Waals surface area contributed by atoms with Crippen molar-refractivity contribution in [2.75, 3.05) is 13.1 Å². The molecule has 1 aliphatic heterocycles. The van der Waals surface area contributed by atoms with E-state index < -0.39 is 29.1 Å². The molecular weight excluding hydrogens is 324 g/mol. The first-order chi connectivity index (χ1) is 9.58. The maximum Gasteiger partial charge on any atom is 0.389 e. The van der Waals surface area contributed by atoms with E-state index in [9.17, 15) is 26.3 Å². The summed E-state index contributed by atoms with van der Waals surface area (Å²) in [5.74, 6) is -10.4. The molecule has 126 valence electrons. The van der Waals surface area contributed by atoms with Crippen molar-refractivity contribution in [2.24, 2.45) is 0 Å². The lowest BCUT2D eigenvalue weighted by atomic mass is 10.1. The van der Waals surface area contributed by atoms with Crippen LogP contribution in [0.4, 0.5) is 26.3 Å². The van der Waals surface area contributed by atoms with Crippen LogP contribution >= 0.6 is 12.0 Å². The van der Waals surface area contributed by atoms with Crippen LogP contribution in [-0.2, 0) is 9.32 Å². The topological polar surface area (TPSA) is 21.7 Å². The van der Waals surface area contributed by atoms with E-state index in [2.05, 4.69) is 9.32 Å². The summed E-state index contributed by atoms with van der Waals surface area (Å²) in [5, 5.41) is -3.90. The summed E-state index contributed by atoms with van der Waals surface area (Å²) in [7, 11) is 0. The Balaban J connectivity index is 2.45. The molecule has 0 spiro atoms. The van der Waals surface area contributed by atoms with E-state index in [-0.39, 0.29) is 6.92 Å². The van der Waals surface area contributed by atoms with Crippen molar-refractivity contribution in [1.82, 2.24) is 5.06 Å². The highest BCUT2D eigenvalue weighted by atomic mass is 32.2. The van der Waals surface area contributed by atoms with Crippen LogP contribution in [0.2, 0.25) is 0 Å². The third kappa shape index (κ3) is 5.19. The van der Waals surface area contributed by atoms with Gasteiger partial charge in [-0.1, -0.05) is 19.3 Å².